The van der Waals surface area contributed by atoms with E-state index in [1.807, 2.05) is 49.4 Å². The Kier molecular flexibility index (Phi) is 3.40. The molecule has 1 N–H and O–H groups in total. The number of nitrogens with one attached hydrogen (secondary N) is 1. The second-order valence-corrected chi connectivity index (χ2v) is 3.63. The Balaban J connectivity index is 2.30. The van der Waals surface area contributed by atoms with Gasteiger partial charge in [-0.2, -0.15) is 0 Å². The monoisotopic (exact) mass is 227 g/mol. The van der Waals surface area contributed by atoms with Crippen LogP contribution in [0.1, 0.15) is 5.56 Å². The molecule has 0 heterocycles. The lowest BCUT2D eigenvalue weighted by molar-refractivity contribution is -0.105. The zero-order valence-electron chi connectivity index (χ0n) is 9.51. The molecule has 0 aliphatic carbocycles. The molecule has 0 bridgehead atoms. The fraction of sp³-hybridized carbons (Fsp3) is 0.0714. The molecule has 0 fully saturated rings. The molecule has 2 aromatic rings. The normalized spacial score (nSPS) is 9.71. The Labute approximate surface area is 100 Å². The molecule has 0 aliphatic rings. The van der Waals surface area contributed by atoms with Gasteiger partial charge in [-0.15, -0.1) is 0 Å². The lowest BCUT2D eigenvalue weighted by atomic mass is 10.2. The maximum atomic E-state index is 10.5. The first-order valence-corrected chi connectivity index (χ1v) is 5.34. The van der Waals surface area contributed by atoms with E-state index < -0.39 is 0 Å². The molecule has 0 spiro atoms. The third kappa shape index (κ3) is 2.64. The lowest BCUT2D eigenvalue weighted by Gasteiger charge is -2.11. The van der Waals surface area contributed by atoms with Gasteiger partial charge in [-0.3, -0.25) is 4.79 Å². The summed E-state index contributed by atoms with van der Waals surface area (Å²) in [4.78, 5) is 10.5. The van der Waals surface area contributed by atoms with E-state index in [4.69, 9.17) is 4.74 Å². The van der Waals surface area contributed by atoms with E-state index in [-0.39, 0.29) is 0 Å². The summed E-state index contributed by atoms with van der Waals surface area (Å²) >= 11 is 0. The second kappa shape index (κ2) is 5.16. The van der Waals surface area contributed by atoms with Crippen molar-refractivity contribution in [2.75, 3.05) is 5.32 Å². The second-order valence-electron chi connectivity index (χ2n) is 3.63. The van der Waals surface area contributed by atoms with E-state index in [1.165, 1.54) is 0 Å². The summed E-state index contributed by atoms with van der Waals surface area (Å²) < 4.78 is 5.77. The van der Waals surface area contributed by atoms with E-state index in [1.54, 1.807) is 6.07 Å². The third-order valence-electron chi connectivity index (χ3n) is 2.41. The van der Waals surface area contributed by atoms with Gasteiger partial charge < -0.3 is 10.1 Å². The number of carbonyl (C=O) groups excluding carboxylic acids is 1. The van der Waals surface area contributed by atoms with Crippen LogP contribution in [0.4, 0.5) is 5.69 Å². The number of hydrogen-bond donors (Lipinski definition) is 1. The molecule has 3 nitrogen and oxygen atoms in total. The number of benzene rings is 2. The molecule has 2 rings (SSSR count). The largest absolute Gasteiger partial charge is 0.455 e. The molecule has 86 valence electrons. The Morgan fingerprint density at radius 3 is 2.35 bits per heavy atom. The van der Waals surface area contributed by atoms with Gasteiger partial charge in [0.05, 0.1) is 5.69 Å². The van der Waals surface area contributed by atoms with Gasteiger partial charge in [0.25, 0.3) is 0 Å². The zero-order chi connectivity index (χ0) is 12.1. The van der Waals surface area contributed by atoms with E-state index in [2.05, 4.69) is 5.32 Å². The van der Waals surface area contributed by atoms with Crippen LogP contribution < -0.4 is 10.1 Å². The van der Waals surface area contributed by atoms with Crippen molar-refractivity contribution in [2.24, 2.45) is 0 Å². The molecule has 0 unspecified atom stereocenters. The molecule has 0 aliphatic heterocycles. The van der Waals surface area contributed by atoms with Crippen LogP contribution in [-0.4, -0.2) is 6.41 Å². The topological polar surface area (TPSA) is 38.3 Å². The SMILES string of the molecule is Cc1ccccc1Oc1ccccc1NC=O. The summed E-state index contributed by atoms with van der Waals surface area (Å²) in [5.74, 6) is 1.42. The van der Waals surface area contributed by atoms with Gasteiger partial charge in [-0.05, 0) is 30.7 Å². The molecule has 17 heavy (non-hydrogen) atoms. The molecule has 0 radical (unpaired) electrons. The highest BCUT2D eigenvalue weighted by molar-refractivity contribution is 5.75. The first-order valence-electron chi connectivity index (χ1n) is 5.34. The van der Waals surface area contributed by atoms with Gasteiger partial charge in [-0.1, -0.05) is 30.3 Å². The third-order valence-corrected chi connectivity index (χ3v) is 2.41. The van der Waals surface area contributed by atoms with Gasteiger partial charge in [0.1, 0.15) is 5.75 Å². The highest BCUT2D eigenvalue weighted by Gasteiger charge is 2.04. The van der Waals surface area contributed by atoms with Gasteiger partial charge in [0.15, 0.2) is 5.75 Å². The van der Waals surface area contributed by atoms with E-state index in [0.717, 1.165) is 11.3 Å². The number of hydrogen-bond acceptors (Lipinski definition) is 2. The molecular formula is C14H13NO2. The van der Waals surface area contributed by atoms with Gasteiger partial charge in [-0.25, -0.2) is 0 Å². The van der Waals surface area contributed by atoms with Crippen molar-refractivity contribution in [1.82, 2.24) is 0 Å². The Hall–Kier alpha value is -2.29. The summed E-state index contributed by atoms with van der Waals surface area (Å²) in [5, 5.41) is 2.61. The minimum atomic E-state index is 0.633. The van der Waals surface area contributed by atoms with Gasteiger partial charge in [0, 0.05) is 0 Å². The molecule has 2 aromatic carbocycles. The van der Waals surface area contributed by atoms with Crippen molar-refractivity contribution >= 4 is 12.1 Å². The average molecular weight is 227 g/mol. The fourth-order valence-corrected chi connectivity index (χ4v) is 1.53. The van der Waals surface area contributed by atoms with Crippen LogP contribution in [0.2, 0.25) is 0 Å². The first kappa shape index (κ1) is 11.2. The summed E-state index contributed by atoms with van der Waals surface area (Å²) in [6, 6.07) is 15.1. The number of para-hydroxylation sites is 3. The number of aryl methyl sites for hydroxylation is 1. The number of ether oxygens (including phenoxy) is 1. The molecule has 3 heteroatoms. The van der Waals surface area contributed by atoms with Gasteiger partial charge in [0.2, 0.25) is 6.41 Å². The Morgan fingerprint density at radius 2 is 1.65 bits per heavy atom. The van der Waals surface area contributed by atoms with Crippen LogP contribution >= 0.6 is 0 Å². The highest BCUT2D eigenvalue weighted by Crippen LogP contribution is 2.30. The van der Waals surface area contributed by atoms with Gasteiger partial charge >= 0.3 is 0 Å². The number of carbonyl (C=O) groups is 1. The predicted molar refractivity (Wildman–Crippen MR) is 67.4 cm³/mol. The van der Waals surface area contributed by atoms with Crippen LogP contribution in [0.5, 0.6) is 11.5 Å². The maximum absolute atomic E-state index is 10.5. The minimum Gasteiger partial charge on any atom is -0.455 e. The van der Waals surface area contributed by atoms with Crippen LogP contribution in [-0.2, 0) is 4.79 Å². The molecule has 0 saturated carbocycles. The zero-order valence-corrected chi connectivity index (χ0v) is 9.51. The van der Waals surface area contributed by atoms with Crippen molar-refractivity contribution in [3.8, 4) is 11.5 Å². The predicted octanol–water partition coefficient (Wildman–Crippen LogP) is 3.36. The lowest BCUT2D eigenvalue weighted by Crippen LogP contribution is -1.97. The van der Waals surface area contributed by atoms with Crippen LogP contribution in [0.25, 0.3) is 0 Å². The highest BCUT2D eigenvalue weighted by atomic mass is 16.5. The van der Waals surface area contributed by atoms with E-state index in [9.17, 15) is 4.79 Å². The molecule has 1 amide bonds. The smallest absolute Gasteiger partial charge is 0.211 e. The first-order chi connectivity index (χ1) is 8.31. The van der Waals surface area contributed by atoms with Crippen LogP contribution in [0.3, 0.4) is 0 Å². The number of amides is 1. The van der Waals surface area contributed by atoms with Crippen molar-refractivity contribution < 1.29 is 9.53 Å². The quantitative estimate of drug-likeness (QED) is 0.813. The van der Waals surface area contributed by atoms with Crippen LogP contribution in [0.15, 0.2) is 48.5 Å². The summed E-state index contributed by atoms with van der Waals surface area (Å²) in [5.41, 5.74) is 1.71. The molecule has 0 aromatic heterocycles. The van der Waals surface area contributed by atoms with Crippen molar-refractivity contribution in [2.45, 2.75) is 6.92 Å². The van der Waals surface area contributed by atoms with Crippen molar-refractivity contribution in [3.05, 3.63) is 54.1 Å². The summed E-state index contributed by atoms with van der Waals surface area (Å²) in [6.07, 6.45) is 0.639. The minimum absolute atomic E-state index is 0.633. The van der Waals surface area contributed by atoms with E-state index >= 15 is 0 Å². The number of rotatable bonds is 4. The number of anilines is 1. The molecule has 0 atom stereocenters. The van der Waals surface area contributed by atoms with E-state index in [0.29, 0.717) is 17.8 Å². The molecule has 0 saturated heterocycles. The standard InChI is InChI=1S/C14H13NO2/c1-11-6-2-4-8-13(11)17-14-9-5-3-7-12(14)15-10-16/h2-10H,1H3,(H,15,16). The summed E-state index contributed by atoms with van der Waals surface area (Å²) in [6.45, 7) is 1.98. The average Bonchev–Trinajstić information content (AvgIpc) is 2.35. The Bertz CT molecular complexity index is 523. The fourth-order valence-electron chi connectivity index (χ4n) is 1.53. The molecular weight excluding hydrogens is 214 g/mol. The van der Waals surface area contributed by atoms with Crippen molar-refractivity contribution in [3.63, 3.8) is 0 Å². The summed E-state index contributed by atoms with van der Waals surface area (Å²) in [7, 11) is 0. The van der Waals surface area contributed by atoms with Crippen LogP contribution in [0, 0.1) is 6.92 Å². The Morgan fingerprint density at radius 1 is 1.00 bits per heavy atom. The maximum Gasteiger partial charge on any atom is 0.211 e. The van der Waals surface area contributed by atoms with Crippen molar-refractivity contribution in [1.29, 1.82) is 0 Å².